The highest BCUT2D eigenvalue weighted by Crippen LogP contribution is 2.10. The SMILES string of the molecule is CC(NC(=O)COC(=O)c1ccoc1)c1ccccc1. The van der Waals surface area contributed by atoms with E-state index in [0.29, 0.717) is 0 Å². The number of carbonyl (C=O) groups is 2. The fourth-order valence-electron chi connectivity index (χ4n) is 1.70. The van der Waals surface area contributed by atoms with Gasteiger partial charge in [-0.2, -0.15) is 0 Å². The largest absolute Gasteiger partial charge is 0.472 e. The molecule has 5 heteroatoms. The normalized spacial score (nSPS) is 11.7. The molecule has 1 atom stereocenters. The first-order valence-electron chi connectivity index (χ1n) is 6.20. The lowest BCUT2D eigenvalue weighted by molar-refractivity contribution is -0.124. The molecule has 0 saturated heterocycles. The van der Waals surface area contributed by atoms with Gasteiger partial charge in [0, 0.05) is 0 Å². The van der Waals surface area contributed by atoms with Crippen LogP contribution >= 0.6 is 0 Å². The topological polar surface area (TPSA) is 68.5 Å². The summed E-state index contributed by atoms with van der Waals surface area (Å²) in [5.41, 5.74) is 1.27. The van der Waals surface area contributed by atoms with E-state index in [1.54, 1.807) is 0 Å². The zero-order valence-corrected chi connectivity index (χ0v) is 11.0. The van der Waals surface area contributed by atoms with Gasteiger partial charge < -0.3 is 14.5 Å². The Kier molecular flexibility index (Phi) is 4.55. The first-order valence-corrected chi connectivity index (χ1v) is 6.20. The van der Waals surface area contributed by atoms with Gasteiger partial charge in [0.1, 0.15) is 6.26 Å². The predicted molar refractivity (Wildman–Crippen MR) is 72.0 cm³/mol. The molecule has 0 radical (unpaired) electrons. The molecule has 0 spiro atoms. The summed E-state index contributed by atoms with van der Waals surface area (Å²) in [6.07, 6.45) is 2.64. The maximum Gasteiger partial charge on any atom is 0.341 e. The van der Waals surface area contributed by atoms with Gasteiger partial charge in [-0.15, -0.1) is 0 Å². The molecule has 0 aliphatic rings. The van der Waals surface area contributed by atoms with E-state index in [1.807, 2.05) is 37.3 Å². The lowest BCUT2D eigenvalue weighted by atomic mass is 10.1. The Hall–Kier alpha value is -2.56. The third-order valence-electron chi connectivity index (χ3n) is 2.77. The molecule has 1 heterocycles. The van der Waals surface area contributed by atoms with E-state index in [2.05, 4.69) is 5.32 Å². The average Bonchev–Trinajstić information content (AvgIpc) is 3.00. The quantitative estimate of drug-likeness (QED) is 0.849. The van der Waals surface area contributed by atoms with Crippen molar-refractivity contribution in [1.29, 1.82) is 0 Å². The Labute approximate surface area is 116 Å². The summed E-state index contributed by atoms with van der Waals surface area (Å²) < 4.78 is 9.64. The molecule has 20 heavy (non-hydrogen) atoms. The second-order valence-corrected chi connectivity index (χ2v) is 4.29. The van der Waals surface area contributed by atoms with E-state index < -0.39 is 5.97 Å². The van der Waals surface area contributed by atoms with Crippen molar-refractivity contribution in [3.8, 4) is 0 Å². The first kappa shape index (κ1) is 13.9. The van der Waals surface area contributed by atoms with Crippen molar-refractivity contribution >= 4 is 11.9 Å². The van der Waals surface area contributed by atoms with Crippen molar-refractivity contribution in [2.24, 2.45) is 0 Å². The van der Waals surface area contributed by atoms with Gasteiger partial charge >= 0.3 is 5.97 Å². The van der Waals surface area contributed by atoms with Gasteiger partial charge in [0.25, 0.3) is 5.91 Å². The van der Waals surface area contributed by atoms with Crippen LogP contribution in [0.1, 0.15) is 28.9 Å². The molecular formula is C15H15NO4. The molecule has 1 aromatic carbocycles. The highest BCUT2D eigenvalue weighted by atomic mass is 16.5. The lowest BCUT2D eigenvalue weighted by Crippen LogP contribution is -2.31. The predicted octanol–water partition coefficient (Wildman–Crippen LogP) is 2.31. The summed E-state index contributed by atoms with van der Waals surface area (Å²) in [4.78, 5) is 23.2. The Morgan fingerprint density at radius 1 is 1.25 bits per heavy atom. The number of benzene rings is 1. The molecule has 1 aromatic heterocycles. The van der Waals surface area contributed by atoms with Crippen LogP contribution in [0.3, 0.4) is 0 Å². The van der Waals surface area contributed by atoms with Gasteiger partial charge in [-0.3, -0.25) is 4.79 Å². The number of nitrogens with one attached hydrogen (secondary N) is 1. The van der Waals surface area contributed by atoms with E-state index in [4.69, 9.17) is 9.15 Å². The van der Waals surface area contributed by atoms with Crippen LogP contribution in [-0.4, -0.2) is 18.5 Å². The minimum absolute atomic E-state index is 0.142. The van der Waals surface area contributed by atoms with Gasteiger partial charge in [0.05, 0.1) is 17.9 Å². The fraction of sp³-hybridized carbons (Fsp3) is 0.200. The van der Waals surface area contributed by atoms with Crippen molar-refractivity contribution in [3.05, 3.63) is 60.1 Å². The number of carbonyl (C=O) groups excluding carboxylic acids is 2. The van der Waals surface area contributed by atoms with Crippen LogP contribution in [0.2, 0.25) is 0 Å². The van der Waals surface area contributed by atoms with Crippen LogP contribution in [-0.2, 0) is 9.53 Å². The van der Waals surface area contributed by atoms with Crippen LogP contribution in [0.5, 0.6) is 0 Å². The fourth-order valence-corrected chi connectivity index (χ4v) is 1.70. The highest BCUT2D eigenvalue weighted by Gasteiger charge is 2.13. The highest BCUT2D eigenvalue weighted by molar-refractivity contribution is 5.90. The van der Waals surface area contributed by atoms with Crippen LogP contribution < -0.4 is 5.32 Å². The van der Waals surface area contributed by atoms with Crippen LogP contribution in [0.25, 0.3) is 0 Å². The number of furan rings is 1. The second kappa shape index (κ2) is 6.56. The molecule has 2 aromatic rings. The molecule has 0 saturated carbocycles. The van der Waals surface area contributed by atoms with Crippen LogP contribution in [0.4, 0.5) is 0 Å². The summed E-state index contributed by atoms with van der Waals surface area (Å²) in [5.74, 6) is -0.931. The molecule has 0 aliphatic heterocycles. The van der Waals surface area contributed by atoms with Crippen molar-refractivity contribution in [3.63, 3.8) is 0 Å². The molecule has 1 amide bonds. The van der Waals surface area contributed by atoms with Crippen molar-refractivity contribution in [2.45, 2.75) is 13.0 Å². The van der Waals surface area contributed by atoms with E-state index in [-0.39, 0.29) is 24.1 Å². The third-order valence-corrected chi connectivity index (χ3v) is 2.77. The number of rotatable bonds is 5. The van der Waals surface area contributed by atoms with Gasteiger partial charge in [-0.05, 0) is 18.6 Å². The average molecular weight is 273 g/mol. The van der Waals surface area contributed by atoms with Crippen molar-refractivity contribution < 1.29 is 18.7 Å². The summed E-state index contributed by atoms with van der Waals surface area (Å²) in [7, 11) is 0. The first-order chi connectivity index (χ1) is 9.66. The van der Waals surface area contributed by atoms with E-state index in [0.717, 1.165) is 5.56 Å². The summed E-state index contributed by atoms with van der Waals surface area (Å²) >= 11 is 0. The zero-order chi connectivity index (χ0) is 14.4. The third kappa shape index (κ3) is 3.71. The Balaban J connectivity index is 1.80. The molecular weight excluding hydrogens is 258 g/mol. The molecule has 2 rings (SSSR count). The second-order valence-electron chi connectivity index (χ2n) is 4.29. The molecule has 1 unspecified atom stereocenters. The van der Waals surface area contributed by atoms with Gasteiger partial charge in [-0.25, -0.2) is 4.79 Å². The minimum atomic E-state index is -0.582. The van der Waals surface area contributed by atoms with Crippen LogP contribution in [0.15, 0.2) is 53.3 Å². The monoisotopic (exact) mass is 273 g/mol. The molecule has 5 nitrogen and oxygen atoms in total. The number of amides is 1. The maximum atomic E-state index is 11.7. The van der Waals surface area contributed by atoms with E-state index in [9.17, 15) is 9.59 Å². The Bertz CT molecular complexity index is 563. The zero-order valence-electron chi connectivity index (χ0n) is 11.0. The Morgan fingerprint density at radius 3 is 2.65 bits per heavy atom. The summed E-state index contributed by atoms with van der Waals surface area (Å²) in [5, 5.41) is 2.76. The molecule has 0 aliphatic carbocycles. The summed E-state index contributed by atoms with van der Waals surface area (Å²) in [6.45, 7) is 1.55. The molecule has 1 N–H and O–H groups in total. The summed E-state index contributed by atoms with van der Waals surface area (Å²) in [6, 6.07) is 10.9. The minimum Gasteiger partial charge on any atom is -0.472 e. The number of hydrogen-bond donors (Lipinski definition) is 1. The number of hydrogen-bond acceptors (Lipinski definition) is 4. The van der Waals surface area contributed by atoms with Crippen LogP contribution in [0, 0.1) is 0 Å². The number of esters is 1. The lowest BCUT2D eigenvalue weighted by Gasteiger charge is -2.14. The number of ether oxygens (including phenoxy) is 1. The maximum absolute atomic E-state index is 11.7. The Morgan fingerprint density at radius 2 is 2.00 bits per heavy atom. The molecule has 104 valence electrons. The van der Waals surface area contributed by atoms with Gasteiger partial charge in [-0.1, -0.05) is 30.3 Å². The van der Waals surface area contributed by atoms with E-state index in [1.165, 1.54) is 18.6 Å². The molecule has 0 fully saturated rings. The van der Waals surface area contributed by atoms with Gasteiger partial charge in [0.15, 0.2) is 6.61 Å². The standard InChI is InChI=1S/C15H15NO4/c1-11(12-5-3-2-4-6-12)16-14(17)10-20-15(18)13-7-8-19-9-13/h2-9,11H,10H2,1H3,(H,16,17). The van der Waals surface area contributed by atoms with Crippen molar-refractivity contribution in [2.75, 3.05) is 6.61 Å². The van der Waals surface area contributed by atoms with E-state index >= 15 is 0 Å². The molecule has 0 bridgehead atoms. The van der Waals surface area contributed by atoms with Crippen molar-refractivity contribution in [1.82, 2.24) is 5.32 Å². The smallest absolute Gasteiger partial charge is 0.341 e. The van der Waals surface area contributed by atoms with Gasteiger partial charge in [0.2, 0.25) is 0 Å².